The van der Waals surface area contributed by atoms with Crippen LogP contribution in [0.1, 0.15) is 32.9 Å². The van der Waals surface area contributed by atoms with Crippen LogP contribution in [0.25, 0.3) is 4.96 Å². The SMILES string of the molecule is CCNC(C)CC(C)Cc1cn2ccsc2n1. The third-order valence-corrected chi connectivity index (χ3v) is 3.78. The maximum Gasteiger partial charge on any atom is 0.193 e. The Morgan fingerprint density at radius 2 is 2.29 bits per heavy atom. The van der Waals surface area contributed by atoms with Crippen LogP contribution in [0.15, 0.2) is 17.8 Å². The lowest BCUT2D eigenvalue weighted by atomic mass is 9.98. The smallest absolute Gasteiger partial charge is 0.193 e. The standard InChI is InChI=1S/C13H21N3S/c1-4-14-11(3)7-10(2)8-12-9-16-5-6-17-13(16)15-12/h5-6,9-11,14H,4,7-8H2,1-3H3. The van der Waals surface area contributed by atoms with Gasteiger partial charge in [0.15, 0.2) is 4.96 Å². The molecule has 0 fully saturated rings. The van der Waals surface area contributed by atoms with Crippen molar-refractivity contribution in [1.29, 1.82) is 0 Å². The second-order valence-electron chi connectivity index (χ2n) is 4.83. The molecule has 0 aromatic carbocycles. The van der Waals surface area contributed by atoms with E-state index in [4.69, 9.17) is 0 Å². The Hall–Kier alpha value is -0.870. The summed E-state index contributed by atoms with van der Waals surface area (Å²) < 4.78 is 2.11. The monoisotopic (exact) mass is 251 g/mol. The van der Waals surface area contributed by atoms with E-state index in [-0.39, 0.29) is 0 Å². The minimum Gasteiger partial charge on any atom is -0.315 e. The molecule has 0 amide bonds. The number of nitrogens with zero attached hydrogens (tertiary/aromatic N) is 2. The van der Waals surface area contributed by atoms with E-state index in [1.165, 1.54) is 12.1 Å². The molecule has 0 radical (unpaired) electrons. The summed E-state index contributed by atoms with van der Waals surface area (Å²) in [4.78, 5) is 5.73. The summed E-state index contributed by atoms with van der Waals surface area (Å²) >= 11 is 1.70. The molecule has 0 aliphatic rings. The number of imidazole rings is 1. The molecule has 2 unspecified atom stereocenters. The van der Waals surface area contributed by atoms with E-state index in [0.717, 1.165) is 17.9 Å². The molecule has 17 heavy (non-hydrogen) atoms. The van der Waals surface area contributed by atoms with Gasteiger partial charge >= 0.3 is 0 Å². The highest BCUT2D eigenvalue weighted by molar-refractivity contribution is 7.15. The summed E-state index contributed by atoms with van der Waals surface area (Å²) in [5.74, 6) is 0.675. The molecule has 2 heterocycles. The van der Waals surface area contributed by atoms with Crippen molar-refractivity contribution in [1.82, 2.24) is 14.7 Å². The van der Waals surface area contributed by atoms with Gasteiger partial charge in [-0.1, -0.05) is 13.8 Å². The fourth-order valence-electron chi connectivity index (χ4n) is 2.35. The second kappa shape index (κ2) is 5.65. The summed E-state index contributed by atoms with van der Waals surface area (Å²) in [6.07, 6.45) is 6.51. The molecule has 0 spiro atoms. The zero-order chi connectivity index (χ0) is 12.3. The van der Waals surface area contributed by atoms with Crippen LogP contribution in [0.4, 0.5) is 0 Å². The first-order valence-corrected chi connectivity index (χ1v) is 7.21. The summed E-state index contributed by atoms with van der Waals surface area (Å²) in [5.41, 5.74) is 1.22. The number of hydrogen-bond donors (Lipinski definition) is 1. The van der Waals surface area contributed by atoms with Crippen molar-refractivity contribution in [3.63, 3.8) is 0 Å². The van der Waals surface area contributed by atoms with Crippen molar-refractivity contribution in [2.75, 3.05) is 6.54 Å². The van der Waals surface area contributed by atoms with Gasteiger partial charge in [0.2, 0.25) is 0 Å². The van der Waals surface area contributed by atoms with Crippen LogP contribution in [0.3, 0.4) is 0 Å². The van der Waals surface area contributed by atoms with E-state index < -0.39 is 0 Å². The highest BCUT2D eigenvalue weighted by Gasteiger charge is 2.11. The zero-order valence-electron chi connectivity index (χ0n) is 10.8. The van der Waals surface area contributed by atoms with Crippen LogP contribution >= 0.6 is 11.3 Å². The first-order valence-electron chi connectivity index (χ1n) is 6.33. The molecular formula is C13H21N3S. The van der Waals surface area contributed by atoms with Gasteiger partial charge in [0.25, 0.3) is 0 Å². The largest absolute Gasteiger partial charge is 0.315 e. The van der Waals surface area contributed by atoms with Gasteiger partial charge in [0.05, 0.1) is 5.69 Å². The predicted molar refractivity (Wildman–Crippen MR) is 73.7 cm³/mol. The van der Waals surface area contributed by atoms with Crippen molar-refractivity contribution in [3.8, 4) is 0 Å². The number of hydrogen-bond acceptors (Lipinski definition) is 3. The van der Waals surface area contributed by atoms with Gasteiger partial charge in [0, 0.05) is 23.8 Å². The molecule has 1 N–H and O–H groups in total. The number of aromatic nitrogens is 2. The Balaban J connectivity index is 1.89. The Morgan fingerprint density at radius 3 is 3.00 bits per heavy atom. The van der Waals surface area contributed by atoms with Crippen molar-refractivity contribution < 1.29 is 0 Å². The topological polar surface area (TPSA) is 29.3 Å². The second-order valence-corrected chi connectivity index (χ2v) is 5.70. The number of rotatable bonds is 6. The molecule has 0 aliphatic heterocycles. The lowest BCUT2D eigenvalue weighted by Crippen LogP contribution is -2.27. The van der Waals surface area contributed by atoms with Crippen molar-refractivity contribution in [2.45, 2.75) is 39.7 Å². The first-order chi connectivity index (χ1) is 8.19. The number of fused-ring (bicyclic) bond motifs is 1. The van der Waals surface area contributed by atoms with Gasteiger partial charge in [-0.3, -0.25) is 4.40 Å². The summed E-state index contributed by atoms with van der Waals surface area (Å²) in [6, 6.07) is 0.596. The van der Waals surface area contributed by atoms with E-state index >= 15 is 0 Å². The summed E-state index contributed by atoms with van der Waals surface area (Å²) in [7, 11) is 0. The average molecular weight is 251 g/mol. The van der Waals surface area contributed by atoms with Crippen LogP contribution in [-0.4, -0.2) is 22.0 Å². The molecule has 4 heteroatoms. The van der Waals surface area contributed by atoms with Crippen molar-refractivity contribution in [3.05, 3.63) is 23.5 Å². The maximum absolute atomic E-state index is 4.63. The first kappa shape index (κ1) is 12.6. The van der Waals surface area contributed by atoms with Crippen LogP contribution < -0.4 is 5.32 Å². The number of thiazole rings is 1. The minimum absolute atomic E-state index is 0.596. The lowest BCUT2D eigenvalue weighted by Gasteiger charge is -2.16. The van der Waals surface area contributed by atoms with Crippen LogP contribution in [0.5, 0.6) is 0 Å². The van der Waals surface area contributed by atoms with E-state index in [2.05, 4.69) is 53.2 Å². The van der Waals surface area contributed by atoms with Gasteiger partial charge in [-0.05, 0) is 32.2 Å². The van der Waals surface area contributed by atoms with Crippen LogP contribution in [0.2, 0.25) is 0 Å². The Morgan fingerprint density at radius 1 is 1.47 bits per heavy atom. The minimum atomic E-state index is 0.596. The van der Waals surface area contributed by atoms with E-state index in [1.54, 1.807) is 11.3 Å². The molecule has 2 atom stereocenters. The molecule has 0 saturated heterocycles. The summed E-state index contributed by atoms with van der Waals surface area (Å²) in [6.45, 7) is 7.77. The zero-order valence-corrected chi connectivity index (χ0v) is 11.6. The Labute approximate surface area is 107 Å². The van der Waals surface area contributed by atoms with Gasteiger partial charge in [-0.25, -0.2) is 4.98 Å². The van der Waals surface area contributed by atoms with Crippen molar-refractivity contribution >= 4 is 16.3 Å². The Kier molecular flexibility index (Phi) is 4.18. The van der Waals surface area contributed by atoms with E-state index in [1.807, 2.05) is 0 Å². The fraction of sp³-hybridized carbons (Fsp3) is 0.615. The predicted octanol–water partition coefficient (Wildman–Crippen LogP) is 2.96. The normalized spacial score (nSPS) is 15.2. The molecule has 3 nitrogen and oxygen atoms in total. The van der Waals surface area contributed by atoms with E-state index in [0.29, 0.717) is 12.0 Å². The number of nitrogens with one attached hydrogen (secondary N) is 1. The molecular weight excluding hydrogens is 230 g/mol. The molecule has 0 saturated carbocycles. The van der Waals surface area contributed by atoms with Crippen LogP contribution in [-0.2, 0) is 6.42 Å². The maximum atomic E-state index is 4.63. The third kappa shape index (κ3) is 3.30. The van der Waals surface area contributed by atoms with Gasteiger partial charge < -0.3 is 5.32 Å². The highest BCUT2D eigenvalue weighted by Crippen LogP contribution is 2.16. The third-order valence-electron chi connectivity index (χ3n) is 3.01. The molecule has 2 aromatic heterocycles. The van der Waals surface area contributed by atoms with E-state index in [9.17, 15) is 0 Å². The molecule has 0 bridgehead atoms. The molecule has 94 valence electrons. The Bertz CT molecular complexity index is 431. The van der Waals surface area contributed by atoms with Gasteiger partial charge in [-0.15, -0.1) is 11.3 Å². The van der Waals surface area contributed by atoms with Gasteiger partial charge in [-0.2, -0.15) is 0 Å². The average Bonchev–Trinajstić information content (AvgIpc) is 2.77. The highest BCUT2D eigenvalue weighted by atomic mass is 32.1. The van der Waals surface area contributed by atoms with Crippen molar-refractivity contribution in [2.24, 2.45) is 5.92 Å². The lowest BCUT2D eigenvalue weighted by molar-refractivity contribution is 0.424. The van der Waals surface area contributed by atoms with Crippen LogP contribution in [0, 0.1) is 5.92 Å². The van der Waals surface area contributed by atoms with Gasteiger partial charge in [0.1, 0.15) is 0 Å². The summed E-state index contributed by atoms with van der Waals surface area (Å²) in [5, 5.41) is 5.53. The molecule has 0 aliphatic carbocycles. The molecule has 2 aromatic rings. The quantitative estimate of drug-likeness (QED) is 0.855. The molecule has 2 rings (SSSR count). The fourth-order valence-corrected chi connectivity index (χ4v) is 3.07.